The second-order valence-electron chi connectivity index (χ2n) is 7.40. The monoisotopic (exact) mass is 381 g/mol. The normalized spacial score (nSPS) is 15.2. The Kier molecular flexibility index (Phi) is 5.23. The van der Waals surface area contributed by atoms with Crippen molar-refractivity contribution >= 4 is 11.5 Å². The van der Waals surface area contributed by atoms with Gasteiger partial charge in [-0.15, -0.1) is 0 Å². The summed E-state index contributed by atoms with van der Waals surface area (Å²) in [5.74, 6) is 2.13. The van der Waals surface area contributed by atoms with Crippen LogP contribution in [0.4, 0.5) is 15.9 Å². The standard InChI is InChI=1S/C21H24FN5O/c1-14(2)20-25-21(28-26-20)15-7-10-23-19(13-15)27-11-8-16(9-12-27)24-18-6-4-3-5-17(18)22/h3-7,10,13-14,16,24H,8-9,11-12H2,1-2H3. The fourth-order valence-corrected chi connectivity index (χ4v) is 3.36. The van der Waals surface area contributed by atoms with E-state index in [0.717, 1.165) is 37.3 Å². The zero-order valence-corrected chi connectivity index (χ0v) is 16.1. The number of anilines is 2. The van der Waals surface area contributed by atoms with Crippen LogP contribution in [0.1, 0.15) is 38.4 Å². The largest absolute Gasteiger partial charge is 0.380 e. The van der Waals surface area contributed by atoms with Crippen LogP contribution in [0.5, 0.6) is 0 Å². The number of benzene rings is 1. The van der Waals surface area contributed by atoms with Crippen molar-refractivity contribution in [2.24, 2.45) is 0 Å². The third kappa shape index (κ3) is 3.98. The molecule has 3 heterocycles. The van der Waals surface area contributed by atoms with E-state index < -0.39 is 0 Å². The van der Waals surface area contributed by atoms with Gasteiger partial charge in [0.05, 0.1) is 5.69 Å². The van der Waals surface area contributed by atoms with Crippen LogP contribution in [0.2, 0.25) is 0 Å². The van der Waals surface area contributed by atoms with Crippen molar-refractivity contribution in [2.45, 2.75) is 38.6 Å². The highest BCUT2D eigenvalue weighted by Gasteiger charge is 2.21. The highest BCUT2D eigenvalue weighted by molar-refractivity contribution is 5.59. The van der Waals surface area contributed by atoms with Crippen LogP contribution in [-0.2, 0) is 0 Å². The van der Waals surface area contributed by atoms with Gasteiger partial charge < -0.3 is 14.7 Å². The maximum absolute atomic E-state index is 13.8. The van der Waals surface area contributed by atoms with Crippen molar-refractivity contribution in [1.82, 2.24) is 15.1 Å². The van der Waals surface area contributed by atoms with Gasteiger partial charge in [0.15, 0.2) is 5.82 Å². The molecule has 0 spiro atoms. The van der Waals surface area contributed by atoms with E-state index in [2.05, 4.69) is 25.3 Å². The van der Waals surface area contributed by atoms with Crippen LogP contribution < -0.4 is 10.2 Å². The van der Waals surface area contributed by atoms with Crippen molar-refractivity contribution in [3.63, 3.8) is 0 Å². The molecule has 1 fully saturated rings. The van der Waals surface area contributed by atoms with Crippen LogP contribution in [-0.4, -0.2) is 34.3 Å². The van der Waals surface area contributed by atoms with Gasteiger partial charge in [0.2, 0.25) is 0 Å². The lowest BCUT2D eigenvalue weighted by molar-refractivity contribution is 0.419. The number of para-hydroxylation sites is 1. The molecule has 6 nitrogen and oxygen atoms in total. The number of aromatic nitrogens is 3. The highest BCUT2D eigenvalue weighted by atomic mass is 19.1. The number of nitrogens with one attached hydrogen (secondary N) is 1. The van der Waals surface area contributed by atoms with Gasteiger partial charge in [-0.1, -0.05) is 31.1 Å². The molecule has 0 bridgehead atoms. The molecule has 0 atom stereocenters. The Morgan fingerprint density at radius 1 is 1.18 bits per heavy atom. The van der Waals surface area contributed by atoms with Crippen molar-refractivity contribution in [3.05, 3.63) is 54.2 Å². The summed E-state index contributed by atoms with van der Waals surface area (Å²) in [5, 5.41) is 7.35. The Hall–Kier alpha value is -2.96. The number of piperidine rings is 1. The molecule has 0 amide bonds. The molecule has 3 aromatic rings. The lowest BCUT2D eigenvalue weighted by Crippen LogP contribution is -2.39. The minimum atomic E-state index is -0.209. The maximum Gasteiger partial charge on any atom is 0.258 e. The Balaban J connectivity index is 1.41. The first-order valence-electron chi connectivity index (χ1n) is 9.66. The van der Waals surface area contributed by atoms with E-state index in [1.807, 2.05) is 32.0 Å². The number of pyridine rings is 1. The Bertz CT molecular complexity index is 934. The number of halogens is 1. The van der Waals surface area contributed by atoms with E-state index in [0.29, 0.717) is 17.4 Å². The third-order valence-electron chi connectivity index (χ3n) is 5.00. The first kappa shape index (κ1) is 18.4. The zero-order valence-electron chi connectivity index (χ0n) is 16.1. The van der Waals surface area contributed by atoms with Gasteiger partial charge in [0, 0.05) is 36.8 Å². The SMILES string of the molecule is CC(C)c1noc(-c2ccnc(N3CCC(Nc4ccccc4F)CC3)c2)n1. The molecule has 0 radical (unpaired) electrons. The predicted octanol–water partition coefficient (Wildman–Crippen LogP) is 4.48. The van der Waals surface area contributed by atoms with E-state index in [1.54, 1.807) is 18.3 Å². The molecule has 2 aromatic heterocycles. The lowest BCUT2D eigenvalue weighted by atomic mass is 10.0. The average Bonchev–Trinajstić information content (AvgIpc) is 3.21. The molecule has 1 N–H and O–H groups in total. The number of rotatable bonds is 5. The second-order valence-corrected chi connectivity index (χ2v) is 7.40. The predicted molar refractivity (Wildman–Crippen MR) is 107 cm³/mol. The number of nitrogens with zero attached hydrogens (tertiary/aromatic N) is 4. The van der Waals surface area contributed by atoms with E-state index in [9.17, 15) is 4.39 Å². The highest BCUT2D eigenvalue weighted by Crippen LogP contribution is 2.26. The van der Waals surface area contributed by atoms with Crippen LogP contribution in [0.25, 0.3) is 11.5 Å². The lowest BCUT2D eigenvalue weighted by Gasteiger charge is -2.33. The van der Waals surface area contributed by atoms with Crippen LogP contribution in [0, 0.1) is 5.82 Å². The average molecular weight is 381 g/mol. The summed E-state index contributed by atoms with van der Waals surface area (Å²) in [6.45, 7) is 5.77. The molecule has 0 aliphatic carbocycles. The Morgan fingerprint density at radius 3 is 2.68 bits per heavy atom. The van der Waals surface area contributed by atoms with Gasteiger partial charge in [0.25, 0.3) is 5.89 Å². The van der Waals surface area contributed by atoms with Gasteiger partial charge in [-0.3, -0.25) is 0 Å². The molecule has 146 valence electrons. The summed E-state index contributed by atoms with van der Waals surface area (Å²) in [5.41, 5.74) is 1.44. The molecular weight excluding hydrogens is 357 g/mol. The second kappa shape index (κ2) is 7.96. The maximum atomic E-state index is 13.8. The van der Waals surface area contributed by atoms with E-state index in [1.165, 1.54) is 6.07 Å². The van der Waals surface area contributed by atoms with Crippen LogP contribution in [0.15, 0.2) is 47.1 Å². The van der Waals surface area contributed by atoms with Gasteiger partial charge in [-0.25, -0.2) is 9.37 Å². The number of hydrogen-bond acceptors (Lipinski definition) is 6. The summed E-state index contributed by atoms with van der Waals surface area (Å²) in [6.07, 6.45) is 3.60. The molecule has 1 aliphatic heterocycles. The van der Waals surface area contributed by atoms with Crippen LogP contribution in [0.3, 0.4) is 0 Å². The van der Waals surface area contributed by atoms with Gasteiger partial charge >= 0.3 is 0 Å². The van der Waals surface area contributed by atoms with E-state index in [-0.39, 0.29) is 17.8 Å². The molecule has 1 aromatic carbocycles. The molecular formula is C21H24FN5O. The van der Waals surface area contributed by atoms with Crippen molar-refractivity contribution < 1.29 is 8.91 Å². The van der Waals surface area contributed by atoms with Gasteiger partial charge in [0.1, 0.15) is 11.6 Å². The molecule has 4 rings (SSSR count). The minimum absolute atomic E-state index is 0.209. The topological polar surface area (TPSA) is 67.1 Å². The minimum Gasteiger partial charge on any atom is -0.380 e. The van der Waals surface area contributed by atoms with Crippen molar-refractivity contribution in [3.8, 4) is 11.5 Å². The van der Waals surface area contributed by atoms with Gasteiger partial charge in [-0.05, 0) is 37.1 Å². The zero-order chi connectivity index (χ0) is 19.5. The molecule has 1 saturated heterocycles. The van der Waals surface area contributed by atoms with E-state index >= 15 is 0 Å². The molecule has 0 saturated carbocycles. The Labute approximate surface area is 163 Å². The van der Waals surface area contributed by atoms with Crippen LogP contribution >= 0.6 is 0 Å². The fraction of sp³-hybridized carbons (Fsp3) is 0.381. The van der Waals surface area contributed by atoms with Crippen molar-refractivity contribution in [1.29, 1.82) is 0 Å². The fourth-order valence-electron chi connectivity index (χ4n) is 3.36. The number of hydrogen-bond donors (Lipinski definition) is 1. The van der Waals surface area contributed by atoms with Gasteiger partial charge in [-0.2, -0.15) is 4.98 Å². The summed E-state index contributed by atoms with van der Waals surface area (Å²) >= 11 is 0. The summed E-state index contributed by atoms with van der Waals surface area (Å²) in [7, 11) is 0. The third-order valence-corrected chi connectivity index (χ3v) is 5.00. The molecule has 28 heavy (non-hydrogen) atoms. The molecule has 1 aliphatic rings. The van der Waals surface area contributed by atoms with Crippen molar-refractivity contribution in [2.75, 3.05) is 23.3 Å². The van der Waals surface area contributed by atoms with E-state index in [4.69, 9.17) is 4.52 Å². The quantitative estimate of drug-likeness (QED) is 0.703. The summed E-state index contributed by atoms with van der Waals surface area (Å²) in [4.78, 5) is 11.2. The summed E-state index contributed by atoms with van der Waals surface area (Å²) < 4.78 is 19.2. The summed E-state index contributed by atoms with van der Waals surface area (Å²) in [6, 6.07) is 10.9. The molecule has 7 heteroatoms. The smallest absolute Gasteiger partial charge is 0.258 e. The first-order valence-corrected chi connectivity index (χ1v) is 9.66. The Morgan fingerprint density at radius 2 is 1.96 bits per heavy atom. The first-order chi connectivity index (χ1) is 13.6. The molecule has 0 unspecified atom stereocenters.